The Morgan fingerprint density at radius 2 is 1.73 bits per heavy atom. The van der Waals surface area contributed by atoms with Crippen molar-refractivity contribution in [2.45, 2.75) is 33.2 Å². The van der Waals surface area contributed by atoms with Gasteiger partial charge in [-0.1, -0.05) is 54.6 Å². The van der Waals surface area contributed by atoms with Crippen LogP contribution < -0.4 is 5.32 Å². The van der Waals surface area contributed by atoms with Gasteiger partial charge >= 0.3 is 0 Å². The molecule has 0 saturated carbocycles. The van der Waals surface area contributed by atoms with E-state index in [9.17, 15) is 9.59 Å². The number of Topliss-reactive ketones (excluding diaryl/α,β-unsaturated/α-hetero) is 1. The van der Waals surface area contributed by atoms with Crippen molar-refractivity contribution in [1.82, 2.24) is 5.32 Å². The number of amides is 1. The molecule has 0 aromatic heterocycles. The van der Waals surface area contributed by atoms with Crippen molar-refractivity contribution in [2.75, 3.05) is 0 Å². The molecule has 0 heterocycles. The van der Waals surface area contributed by atoms with Crippen molar-refractivity contribution in [3.63, 3.8) is 0 Å². The lowest BCUT2D eigenvalue weighted by molar-refractivity contribution is -0.116. The van der Waals surface area contributed by atoms with E-state index in [4.69, 9.17) is 0 Å². The third-order valence-corrected chi connectivity index (χ3v) is 4.64. The molecule has 0 fully saturated rings. The Labute approximate surface area is 154 Å². The number of hydrogen-bond donors (Lipinski definition) is 1. The summed E-state index contributed by atoms with van der Waals surface area (Å²) in [5, 5.41) is 5.40. The molecule has 0 aliphatic rings. The second-order valence-electron chi connectivity index (χ2n) is 6.79. The van der Waals surface area contributed by atoms with Gasteiger partial charge in [-0.25, -0.2) is 0 Å². The zero-order chi connectivity index (χ0) is 18.7. The molecule has 0 aliphatic carbocycles. The monoisotopic (exact) mass is 345 g/mol. The van der Waals surface area contributed by atoms with Crippen LogP contribution in [0.1, 0.15) is 46.9 Å². The van der Waals surface area contributed by atoms with E-state index in [0.29, 0.717) is 12.0 Å². The van der Waals surface area contributed by atoms with Crippen LogP contribution >= 0.6 is 0 Å². The Hall–Kier alpha value is -2.94. The van der Waals surface area contributed by atoms with E-state index in [1.54, 1.807) is 6.92 Å². The molecule has 26 heavy (non-hydrogen) atoms. The molecule has 0 saturated heterocycles. The first-order valence-corrected chi connectivity index (χ1v) is 8.83. The smallest absolute Gasteiger partial charge is 0.252 e. The number of fused-ring (bicyclic) bond motifs is 1. The van der Waals surface area contributed by atoms with Crippen molar-refractivity contribution >= 4 is 22.5 Å². The van der Waals surface area contributed by atoms with E-state index in [1.807, 2.05) is 56.3 Å². The van der Waals surface area contributed by atoms with Gasteiger partial charge in [0.05, 0.1) is 6.04 Å². The predicted octanol–water partition coefficient (Wildman–Crippen LogP) is 4.77. The Kier molecular flexibility index (Phi) is 5.17. The zero-order valence-electron chi connectivity index (χ0n) is 15.4. The summed E-state index contributed by atoms with van der Waals surface area (Å²) >= 11 is 0. The minimum atomic E-state index is -0.121. The molecule has 1 amide bonds. The molecule has 3 rings (SSSR count). The molecule has 1 atom stereocenters. The molecule has 0 unspecified atom stereocenters. The summed E-state index contributed by atoms with van der Waals surface area (Å²) in [4.78, 5) is 24.2. The first kappa shape index (κ1) is 17.9. The molecule has 0 bridgehead atoms. The van der Waals surface area contributed by atoms with E-state index in [2.05, 4.69) is 23.5 Å². The van der Waals surface area contributed by atoms with Crippen LogP contribution in [0.4, 0.5) is 0 Å². The number of carbonyl (C=O) groups is 2. The Balaban J connectivity index is 1.86. The van der Waals surface area contributed by atoms with Gasteiger partial charge in [-0.05, 0) is 54.3 Å². The molecule has 3 heteroatoms. The van der Waals surface area contributed by atoms with Gasteiger partial charge in [0.15, 0.2) is 0 Å². The lowest BCUT2D eigenvalue weighted by atomic mass is 9.98. The van der Waals surface area contributed by atoms with Crippen molar-refractivity contribution in [1.29, 1.82) is 0 Å². The average molecular weight is 345 g/mol. The molecule has 3 aromatic carbocycles. The molecule has 0 spiro atoms. The van der Waals surface area contributed by atoms with Gasteiger partial charge in [-0.3, -0.25) is 9.59 Å². The van der Waals surface area contributed by atoms with E-state index >= 15 is 0 Å². The lowest BCUT2D eigenvalue weighted by Crippen LogP contribution is -2.27. The number of carbonyl (C=O) groups excluding carboxylic acids is 2. The Bertz CT molecular complexity index is 970. The van der Waals surface area contributed by atoms with Gasteiger partial charge in [-0.15, -0.1) is 0 Å². The van der Waals surface area contributed by atoms with Crippen LogP contribution in [-0.2, 0) is 11.2 Å². The summed E-state index contributed by atoms with van der Waals surface area (Å²) in [5.74, 6) is -0.0299. The summed E-state index contributed by atoms with van der Waals surface area (Å²) in [5.41, 5.74) is 3.48. The summed E-state index contributed by atoms with van der Waals surface area (Å²) in [6.07, 6.45) is 0.347. The van der Waals surface area contributed by atoms with E-state index in [1.165, 1.54) is 0 Å². The molecule has 3 nitrogen and oxygen atoms in total. The van der Waals surface area contributed by atoms with Crippen LogP contribution in [0.3, 0.4) is 0 Å². The zero-order valence-corrected chi connectivity index (χ0v) is 15.4. The topological polar surface area (TPSA) is 46.2 Å². The fourth-order valence-corrected chi connectivity index (χ4v) is 3.29. The van der Waals surface area contributed by atoms with E-state index in [-0.39, 0.29) is 17.7 Å². The second-order valence-corrected chi connectivity index (χ2v) is 6.79. The Morgan fingerprint density at radius 3 is 2.50 bits per heavy atom. The van der Waals surface area contributed by atoms with Gasteiger partial charge in [0, 0.05) is 12.0 Å². The lowest BCUT2D eigenvalue weighted by Gasteiger charge is -2.18. The Morgan fingerprint density at radius 1 is 1.00 bits per heavy atom. The predicted molar refractivity (Wildman–Crippen MR) is 105 cm³/mol. The minimum absolute atomic E-state index is 0.0873. The van der Waals surface area contributed by atoms with Gasteiger partial charge < -0.3 is 5.32 Å². The van der Waals surface area contributed by atoms with Gasteiger partial charge in [0.25, 0.3) is 5.91 Å². The number of benzene rings is 3. The molecular weight excluding hydrogens is 322 g/mol. The summed E-state index contributed by atoms with van der Waals surface area (Å²) in [6, 6.07) is 19.8. The minimum Gasteiger partial charge on any atom is -0.345 e. The fourth-order valence-electron chi connectivity index (χ4n) is 3.29. The molecule has 3 aromatic rings. The molecule has 0 radical (unpaired) electrons. The first-order valence-electron chi connectivity index (χ1n) is 8.83. The molecule has 0 aliphatic heterocycles. The van der Waals surface area contributed by atoms with E-state index in [0.717, 1.165) is 27.5 Å². The highest BCUT2D eigenvalue weighted by Gasteiger charge is 2.16. The number of ketones is 1. The highest BCUT2D eigenvalue weighted by Crippen LogP contribution is 2.24. The van der Waals surface area contributed by atoms with Crippen LogP contribution in [0.15, 0.2) is 60.7 Å². The summed E-state index contributed by atoms with van der Waals surface area (Å²) < 4.78 is 0. The SMILES string of the molecule is CC(=O)Cc1ccc(C)c(C(=O)N[C@H](C)c2cccc3ccccc23)c1. The van der Waals surface area contributed by atoms with Crippen LogP contribution in [0.2, 0.25) is 0 Å². The number of nitrogens with one attached hydrogen (secondary N) is 1. The van der Waals surface area contributed by atoms with Gasteiger partial charge in [0.2, 0.25) is 0 Å². The maximum Gasteiger partial charge on any atom is 0.252 e. The van der Waals surface area contributed by atoms with Crippen LogP contribution in [0, 0.1) is 6.92 Å². The second kappa shape index (κ2) is 7.52. The van der Waals surface area contributed by atoms with Crippen molar-refractivity contribution in [2.24, 2.45) is 0 Å². The molecular formula is C23H23NO2. The maximum absolute atomic E-state index is 12.8. The van der Waals surface area contributed by atoms with Crippen LogP contribution in [0.25, 0.3) is 10.8 Å². The average Bonchev–Trinajstić information content (AvgIpc) is 2.62. The maximum atomic E-state index is 12.8. The quantitative estimate of drug-likeness (QED) is 0.724. The standard InChI is InChI=1S/C23H23NO2/c1-15-11-12-18(13-16(2)25)14-22(15)23(26)24-17(3)20-10-6-8-19-7-4-5-9-21(19)20/h4-12,14,17H,13H2,1-3H3,(H,24,26)/t17-/m1/s1. The third-order valence-electron chi connectivity index (χ3n) is 4.64. The van der Waals surface area contributed by atoms with Gasteiger partial charge in [-0.2, -0.15) is 0 Å². The van der Waals surface area contributed by atoms with Crippen LogP contribution in [0.5, 0.6) is 0 Å². The number of aryl methyl sites for hydroxylation is 1. The van der Waals surface area contributed by atoms with Crippen molar-refractivity contribution < 1.29 is 9.59 Å². The highest BCUT2D eigenvalue weighted by atomic mass is 16.1. The molecule has 132 valence electrons. The molecule has 1 N–H and O–H groups in total. The largest absolute Gasteiger partial charge is 0.345 e. The normalized spacial score (nSPS) is 12.0. The van der Waals surface area contributed by atoms with Crippen LogP contribution in [-0.4, -0.2) is 11.7 Å². The number of rotatable bonds is 5. The van der Waals surface area contributed by atoms with Gasteiger partial charge in [0.1, 0.15) is 5.78 Å². The van der Waals surface area contributed by atoms with E-state index < -0.39 is 0 Å². The summed E-state index contributed by atoms with van der Waals surface area (Å²) in [7, 11) is 0. The highest BCUT2D eigenvalue weighted by molar-refractivity contribution is 5.97. The van der Waals surface area contributed by atoms with Crippen molar-refractivity contribution in [3.05, 3.63) is 82.9 Å². The summed E-state index contributed by atoms with van der Waals surface area (Å²) in [6.45, 7) is 5.46. The fraction of sp³-hybridized carbons (Fsp3) is 0.217. The first-order chi connectivity index (χ1) is 12.5. The van der Waals surface area contributed by atoms with Crippen molar-refractivity contribution in [3.8, 4) is 0 Å². The number of hydrogen-bond acceptors (Lipinski definition) is 2. The third kappa shape index (κ3) is 3.83.